The average molecular weight is 127 g/mol. The Labute approximate surface area is 48.7 Å². The summed E-state index contributed by atoms with van der Waals surface area (Å²) in [6, 6.07) is 0. The first-order chi connectivity index (χ1) is 1.73. The Kier molecular flexibility index (Phi) is 9.43. The molecule has 3 nitrogen and oxygen atoms in total. The van der Waals surface area contributed by atoms with Gasteiger partial charge in [-0.1, -0.05) is 0 Å². The second-order valence-electron chi connectivity index (χ2n) is 0.283. The van der Waals surface area contributed by atoms with Gasteiger partial charge in [-0.15, -0.1) is 0 Å². The van der Waals surface area contributed by atoms with Crippen LogP contribution in [0.25, 0.3) is 0 Å². The van der Waals surface area contributed by atoms with Crippen LogP contribution in [-0.2, 0) is 30.4 Å². The van der Waals surface area contributed by atoms with E-state index in [4.69, 9.17) is 14.4 Å². The van der Waals surface area contributed by atoms with Crippen LogP contribution in [-0.4, -0.2) is 9.79 Å². The first-order valence-electron chi connectivity index (χ1n) is 0.651. The fourth-order valence-electron chi connectivity index (χ4n) is 0. The molecule has 0 spiro atoms. The molecule has 2 N–H and O–H groups in total. The first-order valence-corrected chi connectivity index (χ1v) is 1.95. The van der Waals surface area contributed by atoms with Crippen LogP contribution in [0.5, 0.6) is 0 Å². The number of hydrogen-bond donors (Lipinski definition) is 2. The van der Waals surface area contributed by atoms with Gasteiger partial charge in [-0.05, 0) is 0 Å². The van der Waals surface area contributed by atoms with Crippen LogP contribution in [0.2, 0.25) is 0 Å². The van der Waals surface area contributed by atoms with E-state index >= 15 is 0 Å². The Morgan fingerprint density at radius 3 is 1.40 bits per heavy atom. The zero-order valence-electron chi connectivity index (χ0n) is 2.38. The summed E-state index contributed by atoms with van der Waals surface area (Å²) < 4.78 is 8.74. The third-order valence-corrected chi connectivity index (χ3v) is 0. The predicted molar refractivity (Wildman–Crippen MR) is 13.4 cm³/mol. The van der Waals surface area contributed by atoms with Gasteiger partial charge in [-0.3, -0.25) is 4.57 Å². The minimum absolute atomic E-state index is 0. The maximum absolute atomic E-state index is 8.74. The van der Waals surface area contributed by atoms with Crippen molar-refractivity contribution < 1.29 is 40.2 Å². The van der Waals surface area contributed by atoms with Crippen molar-refractivity contribution in [3.05, 3.63) is 0 Å². The number of rotatable bonds is 0. The molecule has 5 heteroatoms. The van der Waals surface area contributed by atoms with Gasteiger partial charge in [0.15, 0.2) is 0 Å². The second kappa shape index (κ2) is 5.02. The molecule has 0 heterocycles. The molecular weight excluding hydrogens is 124 g/mol. The van der Waals surface area contributed by atoms with Gasteiger partial charge in [-0.25, -0.2) is 0 Å². The molecule has 5 heavy (non-hydrogen) atoms. The summed E-state index contributed by atoms with van der Waals surface area (Å²) in [5.41, 5.74) is 0. The van der Waals surface area contributed by atoms with Crippen LogP contribution in [0.3, 0.4) is 0 Å². The van der Waals surface area contributed by atoms with Gasteiger partial charge >= 0.3 is 8.25 Å². The monoisotopic (exact) mass is 127 g/mol. The van der Waals surface area contributed by atoms with Crippen LogP contribution < -0.4 is 0 Å². The Morgan fingerprint density at radius 1 is 1.40 bits per heavy atom. The smallest absolute Gasteiger partial charge is 0.314 e. The summed E-state index contributed by atoms with van der Waals surface area (Å²) >= 11 is 0. The summed E-state index contributed by atoms with van der Waals surface area (Å²) in [6.45, 7) is 0. The fourth-order valence-corrected chi connectivity index (χ4v) is 0. The normalized spacial score (nSPS) is 7.00. The van der Waals surface area contributed by atoms with Crippen LogP contribution in [0.15, 0.2) is 0 Å². The predicted octanol–water partition coefficient (Wildman–Crippen LogP) is -0.642. The standard InChI is InChI=1S/H3O3P.Sc/c1-4(2)3;/h4H,(H2,1,2,3);. The maximum Gasteiger partial charge on any atom is 0.314 e. The molecule has 0 saturated carbocycles. The topological polar surface area (TPSA) is 57.5 Å². The molecule has 0 aliphatic heterocycles. The van der Waals surface area contributed by atoms with Gasteiger partial charge in [0.25, 0.3) is 0 Å². The van der Waals surface area contributed by atoms with Crippen molar-refractivity contribution in [2.75, 3.05) is 0 Å². The minimum atomic E-state index is -3.13. The summed E-state index contributed by atoms with van der Waals surface area (Å²) in [5.74, 6) is 0. The Bertz CT molecular complexity index is 29.9. The first kappa shape index (κ1) is 9.39. The molecule has 0 aromatic heterocycles. The second-order valence-corrected chi connectivity index (χ2v) is 0.848. The third-order valence-electron chi connectivity index (χ3n) is 0. The van der Waals surface area contributed by atoms with Crippen molar-refractivity contribution in [3.8, 4) is 0 Å². The number of hydrogen-bond acceptors (Lipinski definition) is 1. The summed E-state index contributed by atoms with van der Waals surface area (Å²) in [4.78, 5) is 14.3. The molecule has 0 rings (SSSR count). The summed E-state index contributed by atoms with van der Waals surface area (Å²) in [7, 11) is -3.13. The van der Waals surface area contributed by atoms with E-state index in [-0.39, 0.29) is 25.8 Å². The van der Waals surface area contributed by atoms with E-state index in [1.54, 1.807) is 0 Å². The summed E-state index contributed by atoms with van der Waals surface area (Å²) in [5, 5.41) is 0. The van der Waals surface area contributed by atoms with E-state index in [2.05, 4.69) is 0 Å². The molecule has 0 saturated heterocycles. The SMILES string of the molecule is O=[PH](O)O.[Sc]. The van der Waals surface area contributed by atoms with Gasteiger partial charge in [0, 0.05) is 25.8 Å². The van der Waals surface area contributed by atoms with E-state index in [9.17, 15) is 0 Å². The van der Waals surface area contributed by atoms with Gasteiger partial charge in [0.2, 0.25) is 0 Å². The van der Waals surface area contributed by atoms with Crippen molar-refractivity contribution >= 4 is 8.25 Å². The molecule has 0 unspecified atom stereocenters. The molecule has 0 fully saturated rings. The molecule has 29 valence electrons. The zero-order valence-corrected chi connectivity index (χ0v) is 5.18. The van der Waals surface area contributed by atoms with E-state index in [1.165, 1.54) is 0 Å². The third kappa shape index (κ3) is 44.0. The van der Waals surface area contributed by atoms with Gasteiger partial charge in [-0.2, -0.15) is 0 Å². The molecule has 0 amide bonds. The Morgan fingerprint density at radius 2 is 1.40 bits per heavy atom. The molecule has 0 atom stereocenters. The van der Waals surface area contributed by atoms with E-state index in [0.717, 1.165) is 0 Å². The van der Waals surface area contributed by atoms with E-state index in [0.29, 0.717) is 0 Å². The molecule has 0 aliphatic rings. The molecule has 0 bridgehead atoms. The van der Waals surface area contributed by atoms with Gasteiger partial charge < -0.3 is 9.79 Å². The zero-order chi connectivity index (χ0) is 3.58. The maximum atomic E-state index is 8.74. The van der Waals surface area contributed by atoms with Crippen molar-refractivity contribution in [2.45, 2.75) is 0 Å². The quantitative estimate of drug-likeness (QED) is 0.425. The summed E-state index contributed by atoms with van der Waals surface area (Å²) in [6.07, 6.45) is 0. The van der Waals surface area contributed by atoms with Crippen LogP contribution >= 0.6 is 8.25 Å². The van der Waals surface area contributed by atoms with E-state index < -0.39 is 8.25 Å². The molecule has 0 aliphatic carbocycles. The van der Waals surface area contributed by atoms with Crippen LogP contribution in [0.4, 0.5) is 0 Å². The van der Waals surface area contributed by atoms with Gasteiger partial charge in [0.1, 0.15) is 0 Å². The molecule has 1 radical (unpaired) electrons. The molecular formula is H3O3PSc. The van der Waals surface area contributed by atoms with Crippen molar-refractivity contribution in [2.24, 2.45) is 0 Å². The minimum Gasteiger partial charge on any atom is -0.326 e. The van der Waals surface area contributed by atoms with Crippen molar-refractivity contribution in [1.82, 2.24) is 0 Å². The van der Waals surface area contributed by atoms with Crippen molar-refractivity contribution in [1.29, 1.82) is 0 Å². The van der Waals surface area contributed by atoms with Crippen LogP contribution in [0.1, 0.15) is 0 Å². The largest absolute Gasteiger partial charge is 0.326 e. The molecule has 0 aromatic carbocycles. The fraction of sp³-hybridized carbons (Fsp3) is 0. The Hall–Kier alpha value is 1.02. The average Bonchev–Trinajstić information content (AvgIpc) is 0.811. The molecule has 0 aromatic rings. The van der Waals surface area contributed by atoms with E-state index in [1.807, 2.05) is 0 Å². The van der Waals surface area contributed by atoms with Gasteiger partial charge in [0.05, 0.1) is 0 Å². The van der Waals surface area contributed by atoms with Crippen molar-refractivity contribution in [3.63, 3.8) is 0 Å². The van der Waals surface area contributed by atoms with Crippen LogP contribution in [0, 0.1) is 0 Å². The Balaban J connectivity index is 0.